The maximum absolute atomic E-state index is 12.8. The first kappa shape index (κ1) is 24.7. The molecule has 32 heavy (non-hydrogen) atoms. The van der Waals surface area contributed by atoms with Crippen molar-refractivity contribution in [2.75, 3.05) is 26.2 Å². The number of halogens is 1. The summed E-state index contributed by atoms with van der Waals surface area (Å²) >= 11 is 0. The van der Waals surface area contributed by atoms with Gasteiger partial charge in [-0.05, 0) is 43.2 Å². The third kappa shape index (κ3) is 5.17. The van der Waals surface area contributed by atoms with Crippen molar-refractivity contribution < 1.29 is 14.3 Å². The van der Waals surface area contributed by atoms with E-state index in [1.54, 1.807) is 0 Å². The first-order valence-electron chi connectivity index (χ1n) is 11.3. The molecule has 0 spiro atoms. The smallest absolute Gasteiger partial charge is 0.233 e. The normalized spacial score (nSPS) is 25.8. The zero-order valence-electron chi connectivity index (χ0n) is 18.8. The van der Waals surface area contributed by atoms with Crippen molar-refractivity contribution >= 4 is 41.8 Å². The van der Waals surface area contributed by atoms with Gasteiger partial charge in [-0.1, -0.05) is 36.4 Å². The van der Waals surface area contributed by atoms with Crippen molar-refractivity contribution in [2.24, 2.45) is 28.7 Å². The van der Waals surface area contributed by atoms with Crippen LogP contribution in [-0.4, -0.2) is 48.9 Å². The third-order valence-corrected chi connectivity index (χ3v) is 6.45. The molecule has 0 aromatic heterocycles. The number of guanidine groups is 1. The van der Waals surface area contributed by atoms with Crippen LogP contribution >= 0.6 is 24.0 Å². The van der Waals surface area contributed by atoms with Gasteiger partial charge >= 0.3 is 0 Å². The van der Waals surface area contributed by atoms with Gasteiger partial charge in [0.1, 0.15) is 0 Å². The highest BCUT2D eigenvalue weighted by Gasteiger charge is 2.58. The number of carbonyl (C=O) groups is 2. The summed E-state index contributed by atoms with van der Waals surface area (Å²) in [7, 11) is 0. The van der Waals surface area contributed by atoms with Crippen LogP contribution in [0.15, 0.2) is 41.4 Å². The second kappa shape index (κ2) is 11.3. The molecule has 1 saturated heterocycles. The standard InChI is InChI=1S/C24H32N4O3.HI/c1-3-25-24(27-14-16-5-7-17(8-6-16)15-31-4-2)26-11-12-28-22(29)20-18-9-10-19(13-18)21(20)23(28)30;/h5-10,18-21H,3-4,11-15H2,1-2H3,(H2,25,26,27);1H. The summed E-state index contributed by atoms with van der Waals surface area (Å²) in [6.45, 7) is 7.47. The average Bonchev–Trinajstić information content (AvgIpc) is 3.46. The quantitative estimate of drug-likeness (QED) is 0.162. The monoisotopic (exact) mass is 552 g/mol. The number of aliphatic imine (C=N–C) groups is 1. The van der Waals surface area contributed by atoms with E-state index in [0.717, 1.165) is 24.1 Å². The highest BCUT2D eigenvalue weighted by molar-refractivity contribution is 14.0. The van der Waals surface area contributed by atoms with Gasteiger partial charge in [-0.3, -0.25) is 14.5 Å². The second-order valence-electron chi connectivity index (χ2n) is 8.40. The molecule has 2 fully saturated rings. The van der Waals surface area contributed by atoms with E-state index in [1.165, 1.54) is 4.90 Å². The molecule has 1 aromatic rings. The fraction of sp³-hybridized carbons (Fsp3) is 0.542. The van der Waals surface area contributed by atoms with Crippen molar-refractivity contribution in [3.05, 3.63) is 47.5 Å². The highest BCUT2D eigenvalue weighted by Crippen LogP contribution is 2.52. The molecule has 3 aliphatic rings. The predicted molar refractivity (Wildman–Crippen MR) is 134 cm³/mol. The number of nitrogens with zero attached hydrogens (tertiary/aromatic N) is 2. The molecule has 1 saturated carbocycles. The van der Waals surface area contributed by atoms with Gasteiger partial charge in [0, 0.05) is 26.2 Å². The zero-order chi connectivity index (χ0) is 21.8. The van der Waals surface area contributed by atoms with E-state index in [-0.39, 0.29) is 59.5 Å². The number of imide groups is 1. The van der Waals surface area contributed by atoms with Gasteiger partial charge in [0.25, 0.3) is 0 Å². The molecule has 174 valence electrons. The molecule has 4 unspecified atom stereocenters. The molecule has 2 bridgehead atoms. The Labute approximate surface area is 207 Å². The van der Waals surface area contributed by atoms with Crippen LogP contribution < -0.4 is 10.6 Å². The zero-order valence-corrected chi connectivity index (χ0v) is 21.1. The van der Waals surface area contributed by atoms with Gasteiger partial charge in [0.15, 0.2) is 5.96 Å². The number of allylic oxidation sites excluding steroid dienone is 2. The number of hydrogen-bond donors (Lipinski definition) is 2. The van der Waals surface area contributed by atoms with Gasteiger partial charge in [-0.2, -0.15) is 0 Å². The van der Waals surface area contributed by atoms with Crippen molar-refractivity contribution in [1.29, 1.82) is 0 Å². The summed E-state index contributed by atoms with van der Waals surface area (Å²) in [6, 6.07) is 8.24. The van der Waals surface area contributed by atoms with E-state index in [9.17, 15) is 9.59 Å². The number of amides is 2. The lowest BCUT2D eigenvalue weighted by Gasteiger charge is -2.18. The van der Waals surface area contributed by atoms with Gasteiger partial charge in [0.2, 0.25) is 11.8 Å². The number of nitrogens with one attached hydrogen (secondary N) is 2. The van der Waals surface area contributed by atoms with E-state index in [0.29, 0.717) is 38.8 Å². The van der Waals surface area contributed by atoms with Gasteiger partial charge < -0.3 is 15.4 Å². The van der Waals surface area contributed by atoms with Crippen LogP contribution in [0.4, 0.5) is 0 Å². The Morgan fingerprint density at radius 1 is 1.03 bits per heavy atom. The first-order chi connectivity index (χ1) is 15.1. The van der Waals surface area contributed by atoms with Crippen LogP contribution in [0.1, 0.15) is 31.4 Å². The van der Waals surface area contributed by atoms with E-state index >= 15 is 0 Å². The summed E-state index contributed by atoms with van der Waals surface area (Å²) in [4.78, 5) is 31.7. The van der Waals surface area contributed by atoms with E-state index in [4.69, 9.17) is 4.74 Å². The number of hydrogen-bond acceptors (Lipinski definition) is 4. The Bertz CT molecular complexity index is 841. The molecule has 2 aliphatic carbocycles. The van der Waals surface area contributed by atoms with Gasteiger partial charge in [0.05, 0.1) is 25.0 Å². The van der Waals surface area contributed by atoms with Gasteiger partial charge in [-0.15, -0.1) is 24.0 Å². The maximum Gasteiger partial charge on any atom is 0.233 e. The Morgan fingerprint density at radius 3 is 2.25 bits per heavy atom. The van der Waals surface area contributed by atoms with E-state index in [2.05, 4.69) is 52.0 Å². The third-order valence-electron chi connectivity index (χ3n) is 6.45. The minimum atomic E-state index is -0.130. The summed E-state index contributed by atoms with van der Waals surface area (Å²) in [6.07, 6.45) is 5.21. The van der Waals surface area contributed by atoms with Crippen LogP contribution in [0, 0.1) is 23.7 Å². The summed E-state index contributed by atoms with van der Waals surface area (Å²) in [5, 5.41) is 6.48. The lowest BCUT2D eigenvalue weighted by Crippen LogP contribution is -2.43. The number of rotatable bonds is 9. The van der Waals surface area contributed by atoms with Crippen molar-refractivity contribution in [1.82, 2.24) is 15.5 Å². The molecule has 1 heterocycles. The molecule has 1 aliphatic heterocycles. The number of ether oxygens (including phenoxy) is 1. The van der Waals surface area contributed by atoms with Crippen molar-refractivity contribution in [2.45, 2.75) is 33.4 Å². The molecular formula is C24H33IN4O3. The molecule has 4 rings (SSSR count). The number of carbonyl (C=O) groups excluding carboxylic acids is 2. The molecule has 7 nitrogen and oxygen atoms in total. The molecule has 8 heteroatoms. The molecule has 4 atom stereocenters. The minimum absolute atomic E-state index is 0. The van der Waals surface area contributed by atoms with Crippen LogP contribution in [0.25, 0.3) is 0 Å². The molecular weight excluding hydrogens is 519 g/mol. The summed E-state index contributed by atoms with van der Waals surface area (Å²) in [5.74, 6) is 0.934. The van der Waals surface area contributed by atoms with Crippen LogP contribution in [0.5, 0.6) is 0 Å². The second-order valence-corrected chi connectivity index (χ2v) is 8.40. The Morgan fingerprint density at radius 2 is 1.66 bits per heavy atom. The summed E-state index contributed by atoms with van der Waals surface area (Å²) in [5.41, 5.74) is 2.26. The van der Waals surface area contributed by atoms with E-state index < -0.39 is 0 Å². The van der Waals surface area contributed by atoms with Crippen LogP contribution in [0.3, 0.4) is 0 Å². The van der Waals surface area contributed by atoms with Crippen molar-refractivity contribution in [3.63, 3.8) is 0 Å². The molecule has 0 radical (unpaired) electrons. The molecule has 1 aromatic carbocycles. The minimum Gasteiger partial charge on any atom is -0.377 e. The topological polar surface area (TPSA) is 83.0 Å². The number of likely N-dealkylation sites (tertiary alicyclic amines) is 1. The first-order valence-corrected chi connectivity index (χ1v) is 11.3. The predicted octanol–water partition coefficient (Wildman–Crippen LogP) is 2.70. The van der Waals surface area contributed by atoms with Crippen molar-refractivity contribution in [3.8, 4) is 0 Å². The van der Waals surface area contributed by atoms with Crippen LogP contribution in [0.2, 0.25) is 0 Å². The molecule has 2 N–H and O–H groups in total. The van der Waals surface area contributed by atoms with Gasteiger partial charge in [-0.25, -0.2) is 4.99 Å². The summed E-state index contributed by atoms with van der Waals surface area (Å²) < 4.78 is 5.43. The lowest BCUT2D eigenvalue weighted by molar-refractivity contribution is -0.140. The number of benzene rings is 1. The Kier molecular flexibility index (Phi) is 8.70. The Hall–Kier alpha value is -1.94. The Balaban J connectivity index is 0.00000289. The highest BCUT2D eigenvalue weighted by atomic mass is 127. The maximum atomic E-state index is 12.8. The molecule has 2 amide bonds. The fourth-order valence-corrected chi connectivity index (χ4v) is 4.94. The van der Waals surface area contributed by atoms with E-state index in [1.807, 2.05) is 13.8 Å². The number of fused-ring (bicyclic) bond motifs is 5. The SMILES string of the molecule is CCNC(=NCc1ccc(COCC)cc1)NCCN1C(=O)C2C3C=CC(C3)C2C1=O.I. The fourth-order valence-electron chi connectivity index (χ4n) is 4.94. The average molecular weight is 552 g/mol. The van der Waals surface area contributed by atoms with Crippen LogP contribution in [-0.2, 0) is 27.5 Å². The lowest BCUT2D eigenvalue weighted by atomic mass is 9.85. The largest absolute Gasteiger partial charge is 0.377 e.